The largest absolute Gasteiger partial charge is 0.465 e. The summed E-state index contributed by atoms with van der Waals surface area (Å²) in [4.78, 5) is 15.6. The summed E-state index contributed by atoms with van der Waals surface area (Å²) in [5, 5.41) is 10.6. The van der Waals surface area contributed by atoms with Gasteiger partial charge < -0.3 is 15.4 Å². The molecule has 1 heterocycles. The van der Waals surface area contributed by atoms with Gasteiger partial charge in [-0.05, 0) is 40.1 Å². The van der Waals surface area contributed by atoms with E-state index in [1.807, 2.05) is 12.1 Å². The highest BCUT2D eigenvalue weighted by atomic mass is 127. The fourth-order valence-corrected chi connectivity index (χ4v) is 2.53. The number of methoxy groups -OCH3 is 1. The van der Waals surface area contributed by atoms with E-state index in [0.717, 1.165) is 18.1 Å². The van der Waals surface area contributed by atoms with Crippen LogP contribution in [0.5, 0.6) is 0 Å². The van der Waals surface area contributed by atoms with Crippen molar-refractivity contribution in [3.05, 3.63) is 57.8 Å². The Morgan fingerprint density at radius 2 is 1.78 bits per heavy atom. The Morgan fingerprint density at radius 1 is 1.13 bits per heavy atom. The number of carbonyl (C=O) groups excluding carboxylic acids is 1. The summed E-state index contributed by atoms with van der Waals surface area (Å²) in [5.74, 6) is 0.413. The number of nitrogens with one attached hydrogen (secondary N) is 2. The maximum absolute atomic E-state index is 11.4. The van der Waals surface area contributed by atoms with E-state index in [-0.39, 0.29) is 29.9 Å². The molecule has 1 aromatic carbocycles. The molecule has 0 amide bonds. The standard InChI is InChI=1S/C16H19N3O2S.HI/c1-17-16(19-10-13-7-8-22-11-13)18-9-12-3-5-14(6-4-12)15(20)21-2;/h3-8,11H,9-10H2,1-2H3,(H2,17,18,19);1H. The molecule has 0 fully saturated rings. The smallest absolute Gasteiger partial charge is 0.337 e. The monoisotopic (exact) mass is 445 g/mol. The molecule has 0 aliphatic heterocycles. The van der Waals surface area contributed by atoms with Crippen LogP contribution in [0.2, 0.25) is 0 Å². The fourth-order valence-electron chi connectivity index (χ4n) is 1.86. The minimum Gasteiger partial charge on any atom is -0.465 e. The molecule has 2 aromatic rings. The molecule has 0 spiro atoms. The maximum atomic E-state index is 11.4. The van der Waals surface area contributed by atoms with E-state index in [0.29, 0.717) is 12.1 Å². The summed E-state index contributed by atoms with van der Waals surface area (Å²) in [6, 6.07) is 9.38. The number of benzene rings is 1. The van der Waals surface area contributed by atoms with Crippen LogP contribution in [-0.4, -0.2) is 26.1 Å². The van der Waals surface area contributed by atoms with E-state index in [1.165, 1.54) is 12.7 Å². The molecule has 0 bridgehead atoms. The molecule has 1 aromatic heterocycles. The molecule has 0 saturated carbocycles. The van der Waals surface area contributed by atoms with Crippen molar-refractivity contribution in [1.29, 1.82) is 0 Å². The molecule has 7 heteroatoms. The first kappa shape index (κ1) is 19.4. The second-order valence-corrected chi connectivity index (χ2v) is 5.38. The van der Waals surface area contributed by atoms with Gasteiger partial charge in [-0.3, -0.25) is 4.99 Å². The van der Waals surface area contributed by atoms with Gasteiger partial charge in [-0.1, -0.05) is 12.1 Å². The number of rotatable bonds is 5. The van der Waals surface area contributed by atoms with Gasteiger partial charge in [-0.25, -0.2) is 4.79 Å². The Labute approximate surface area is 157 Å². The average Bonchev–Trinajstić information content (AvgIpc) is 3.08. The molecule has 2 N–H and O–H groups in total. The van der Waals surface area contributed by atoms with Crippen molar-refractivity contribution in [2.45, 2.75) is 13.1 Å². The van der Waals surface area contributed by atoms with E-state index in [4.69, 9.17) is 0 Å². The molecule has 124 valence electrons. The third-order valence-corrected chi connectivity index (χ3v) is 3.83. The SMILES string of the molecule is CN=C(NCc1ccc(C(=O)OC)cc1)NCc1ccsc1.I. The van der Waals surface area contributed by atoms with E-state index in [1.54, 1.807) is 30.5 Å². The third-order valence-electron chi connectivity index (χ3n) is 3.10. The Morgan fingerprint density at radius 3 is 2.30 bits per heavy atom. The predicted molar refractivity (Wildman–Crippen MR) is 105 cm³/mol. The number of esters is 1. The summed E-state index contributed by atoms with van der Waals surface area (Å²) < 4.78 is 4.68. The van der Waals surface area contributed by atoms with E-state index in [2.05, 4.69) is 37.2 Å². The molecule has 0 aliphatic rings. The number of hydrogen-bond donors (Lipinski definition) is 2. The van der Waals surface area contributed by atoms with Gasteiger partial charge in [0.2, 0.25) is 0 Å². The van der Waals surface area contributed by atoms with Gasteiger partial charge in [0.15, 0.2) is 5.96 Å². The normalized spacial score (nSPS) is 10.6. The quantitative estimate of drug-likeness (QED) is 0.322. The molecule has 23 heavy (non-hydrogen) atoms. The number of ether oxygens (including phenoxy) is 1. The molecule has 0 unspecified atom stereocenters. The zero-order chi connectivity index (χ0) is 15.8. The molecule has 0 atom stereocenters. The Hall–Kier alpha value is -1.61. The van der Waals surface area contributed by atoms with Crippen LogP contribution >= 0.6 is 35.3 Å². The Bertz CT molecular complexity index is 627. The highest BCUT2D eigenvalue weighted by Crippen LogP contribution is 2.06. The lowest BCUT2D eigenvalue weighted by Crippen LogP contribution is -2.36. The minimum absolute atomic E-state index is 0. The van der Waals surface area contributed by atoms with E-state index in [9.17, 15) is 4.79 Å². The zero-order valence-electron chi connectivity index (χ0n) is 13.0. The Kier molecular flexibility index (Phi) is 8.64. The van der Waals surface area contributed by atoms with Crippen LogP contribution in [0.15, 0.2) is 46.1 Å². The molecule has 0 saturated heterocycles. The summed E-state index contributed by atoms with van der Waals surface area (Å²) in [5.41, 5.74) is 2.84. The summed E-state index contributed by atoms with van der Waals surface area (Å²) in [6.07, 6.45) is 0. The van der Waals surface area contributed by atoms with Crippen LogP contribution in [0.1, 0.15) is 21.5 Å². The first-order valence-corrected chi connectivity index (χ1v) is 7.80. The summed E-state index contributed by atoms with van der Waals surface area (Å²) in [6.45, 7) is 1.37. The van der Waals surface area contributed by atoms with Crippen molar-refractivity contribution in [2.24, 2.45) is 4.99 Å². The van der Waals surface area contributed by atoms with Crippen LogP contribution in [0.25, 0.3) is 0 Å². The number of nitrogens with zero attached hydrogens (tertiary/aromatic N) is 1. The zero-order valence-corrected chi connectivity index (χ0v) is 16.2. The van der Waals surface area contributed by atoms with Gasteiger partial charge in [0.1, 0.15) is 0 Å². The van der Waals surface area contributed by atoms with Crippen LogP contribution in [-0.2, 0) is 17.8 Å². The highest BCUT2D eigenvalue weighted by molar-refractivity contribution is 14.0. The van der Waals surface area contributed by atoms with Crippen LogP contribution < -0.4 is 10.6 Å². The van der Waals surface area contributed by atoms with Crippen molar-refractivity contribution in [3.63, 3.8) is 0 Å². The maximum Gasteiger partial charge on any atom is 0.337 e. The van der Waals surface area contributed by atoms with Crippen LogP contribution in [0.3, 0.4) is 0 Å². The fraction of sp³-hybridized carbons (Fsp3) is 0.250. The second kappa shape index (κ2) is 10.2. The van der Waals surface area contributed by atoms with Gasteiger partial charge in [-0.15, -0.1) is 24.0 Å². The lowest BCUT2D eigenvalue weighted by atomic mass is 10.1. The number of carbonyl (C=O) groups is 1. The molecule has 2 rings (SSSR count). The molecule has 0 aliphatic carbocycles. The lowest BCUT2D eigenvalue weighted by molar-refractivity contribution is 0.0600. The van der Waals surface area contributed by atoms with Gasteiger partial charge in [-0.2, -0.15) is 11.3 Å². The summed E-state index contributed by atoms with van der Waals surface area (Å²) >= 11 is 1.68. The minimum atomic E-state index is -0.326. The van der Waals surface area contributed by atoms with Gasteiger partial charge in [0.25, 0.3) is 0 Å². The van der Waals surface area contributed by atoms with Crippen molar-refractivity contribution in [2.75, 3.05) is 14.2 Å². The van der Waals surface area contributed by atoms with Gasteiger partial charge in [0, 0.05) is 20.1 Å². The lowest BCUT2D eigenvalue weighted by Gasteiger charge is -2.11. The second-order valence-electron chi connectivity index (χ2n) is 4.60. The van der Waals surface area contributed by atoms with Crippen molar-refractivity contribution >= 4 is 47.2 Å². The van der Waals surface area contributed by atoms with Gasteiger partial charge >= 0.3 is 5.97 Å². The number of halogens is 1. The number of guanidine groups is 1. The van der Waals surface area contributed by atoms with Crippen LogP contribution in [0.4, 0.5) is 0 Å². The predicted octanol–water partition coefficient (Wildman–Crippen LogP) is 3.02. The van der Waals surface area contributed by atoms with Crippen molar-refractivity contribution in [1.82, 2.24) is 10.6 Å². The van der Waals surface area contributed by atoms with Crippen molar-refractivity contribution in [3.8, 4) is 0 Å². The van der Waals surface area contributed by atoms with Crippen LogP contribution in [0, 0.1) is 0 Å². The molecule has 0 radical (unpaired) electrons. The molecular weight excluding hydrogens is 425 g/mol. The van der Waals surface area contributed by atoms with Crippen molar-refractivity contribution < 1.29 is 9.53 Å². The molecular formula is C16H20IN3O2S. The highest BCUT2D eigenvalue weighted by Gasteiger charge is 2.04. The van der Waals surface area contributed by atoms with E-state index < -0.39 is 0 Å². The first-order valence-electron chi connectivity index (χ1n) is 6.85. The average molecular weight is 445 g/mol. The number of aliphatic imine (C=N–C) groups is 1. The first-order chi connectivity index (χ1) is 10.7. The summed E-state index contributed by atoms with van der Waals surface area (Å²) in [7, 11) is 3.12. The number of hydrogen-bond acceptors (Lipinski definition) is 4. The Balaban J connectivity index is 0.00000264. The third kappa shape index (κ3) is 6.19. The van der Waals surface area contributed by atoms with Gasteiger partial charge in [0.05, 0.1) is 12.7 Å². The topological polar surface area (TPSA) is 62.7 Å². The molecule has 5 nitrogen and oxygen atoms in total. The number of thiophene rings is 1. The van der Waals surface area contributed by atoms with E-state index >= 15 is 0 Å².